The largest absolute Gasteiger partial charge is 0.496 e. The Hall–Kier alpha value is -1.26. The number of nitrogens with zero attached hydrogens (tertiary/aromatic N) is 1. The van der Waals surface area contributed by atoms with Crippen LogP contribution in [0.1, 0.15) is 24.2 Å². The molecular weight excluding hydrogens is 266 g/mol. The quantitative estimate of drug-likeness (QED) is 0.722. The molecule has 0 bridgehead atoms. The van der Waals surface area contributed by atoms with Crippen LogP contribution < -0.4 is 9.47 Å². The molecule has 0 radical (unpaired) electrons. The van der Waals surface area contributed by atoms with Gasteiger partial charge in [-0.25, -0.2) is 0 Å². The topological polar surface area (TPSA) is 38.8 Å². The van der Waals surface area contributed by atoms with Crippen molar-refractivity contribution in [1.29, 1.82) is 0 Å². The number of halogens is 1. The van der Waals surface area contributed by atoms with Gasteiger partial charge in [0.1, 0.15) is 11.5 Å². The first-order chi connectivity index (χ1) is 9.07. The number of likely N-dealkylation sites (N-methyl/N-ethyl adjacent to an activating group) is 1. The first-order valence-electron chi connectivity index (χ1n) is 6.24. The van der Waals surface area contributed by atoms with Crippen LogP contribution in [0.15, 0.2) is 12.1 Å². The summed E-state index contributed by atoms with van der Waals surface area (Å²) in [7, 11) is 3.05. The maximum atomic E-state index is 12.3. The van der Waals surface area contributed by atoms with Crippen molar-refractivity contribution in [3.05, 3.63) is 22.7 Å². The highest BCUT2D eigenvalue weighted by Crippen LogP contribution is 2.32. The lowest BCUT2D eigenvalue weighted by Gasteiger charge is -2.18. The average Bonchev–Trinajstić information content (AvgIpc) is 2.44. The molecule has 1 aromatic rings. The van der Waals surface area contributed by atoms with Crippen LogP contribution in [0.3, 0.4) is 0 Å². The van der Waals surface area contributed by atoms with Gasteiger partial charge in [0.15, 0.2) is 5.78 Å². The van der Waals surface area contributed by atoms with Gasteiger partial charge >= 0.3 is 0 Å². The number of Topliss-reactive ketones (excluding diaryl/α,β-unsaturated/α-hetero) is 1. The summed E-state index contributed by atoms with van der Waals surface area (Å²) in [6, 6.07) is 3.24. The predicted molar refractivity (Wildman–Crippen MR) is 76.7 cm³/mol. The van der Waals surface area contributed by atoms with Crippen LogP contribution in [0.5, 0.6) is 11.5 Å². The summed E-state index contributed by atoms with van der Waals surface area (Å²) in [5, 5.41) is 0.409. The molecule has 0 saturated carbocycles. The minimum Gasteiger partial charge on any atom is -0.496 e. The van der Waals surface area contributed by atoms with Gasteiger partial charge in [-0.3, -0.25) is 9.69 Å². The zero-order valence-corrected chi connectivity index (χ0v) is 12.6. The fourth-order valence-corrected chi connectivity index (χ4v) is 2.05. The normalized spacial score (nSPS) is 10.6. The van der Waals surface area contributed by atoms with Crippen LogP contribution >= 0.6 is 11.6 Å². The van der Waals surface area contributed by atoms with Gasteiger partial charge < -0.3 is 9.47 Å². The lowest BCUT2D eigenvalue weighted by molar-refractivity contribution is 0.0934. The maximum absolute atomic E-state index is 12.3. The lowest BCUT2D eigenvalue weighted by Crippen LogP contribution is -2.29. The molecule has 0 aliphatic carbocycles. The van der Waals surface area contributed by atoms with E-state index < -0.39 is 0 Å². The highest BCUT2D eigenvalue weighted by molar-refractivity contribution is 6.32. The summed E-state index contributed by atoms with van der Waals surface area (Å²) in [6.07, 6.45) is 0. The molecule has 0 aliphatic heterocycles. The minimum atomic E-state index is -0.00916. The molecule has 5 heteroatoms. The number of ether oxygens (including phenoxy) is 2. The highest BCUT2D eigenvalue weighted by Gasteiger charge is 2.17. The van der Waals surface area contributed by atoms with Crippen LogP contribution in [0.2, 0.25) is 5.02 Å². The Morgan fingerprint density at radius 2 is 1.74 bits per heavy atom. The van der Waals surface area contributed by atoms with Crippen LogP contribution in [0.25, 0.3) is 0 Å². The lowest BCUT2D eigenvalue weighted by atomic mass is 10.1. The number of hydrogen-bond donors (Lipinski definition) is 0. The molecular formula is C14H20ClNO3. The van der Waals surface area contributed by atoms with E-state index in [1.54, 1.807) is 12.1 Å². The zero-order chi connectivity index (χ0) is 14.4. The third-order valence-electron chi connectivity index (χ3n) is 3.04. The molecule has 0 unspecified atom stereocenters. The van der Waals surface area contributed by atoms with Crippen LogP contribution in [-0.4, -0.2) is 44.5 Å². The first-order valence-corrected chi connectivity index (χ1v) is 6.62. The second kappa shape index (κ2) is 7.36. The molecule has 0 spiro atoms. The molecule has 0 aromatic heterocycles. The number of carbonyl (C=O) groups excluding carboxylic acids is 1. The van der Waals surface area contributed by atoms with E-state index in [1.807, 2.05) is 18.7 Å². The number of hydrogen-bond acceptors (Lipinski definition) is 4. The summed E-state index contributed by atoms with van der Waals surface area (Å²) in [6.45, 7) is 6.05. The van der Waals surface area contributed by atoms with E-state index in [2.05, 4.69) is 0 Å². The van der Waals surface area contributed by atoms with Gasteiger partial charge in [0.25, 0.3) is 0 Å². The second-order valence-electron chi connectivity index (χ2n) is 4.07. The van der Waals surface area contributed by atoms with E-state index in [-0.39, 0.29) is 5.78 Å². The molecule has 0 amide bonds. The van der Waals surface area contributed by atoms with Crippen LogP contribution in [-0.2, 0) is 0 Å². The summed E-state index contributed by atoms with van der Waals surface area (Å²) < 4.78 is 10.3. The first kappa shape index (κ1) is 15.8. The fraction of sp³-hybridized carbons (Fsp3) is 0.500. The molecule has 0 fully saturated rings. The minimum absolute atomic E-state index is 0.00916. The molecule has 1 rings (SSSR count). The molecule has 1 aromatic carbocycles. The van der Waals surface area contributed by atoms with Crippen LogP contribution in [0, 0.1) is 0 Å². The van der Waals surface area contributed by atoms with E-state index >= 15 is 0 Å². The Bertz CT molecular complexity index is 445. The second-order valence-corrected chi connectivity index (χ2v) is 4.48. The zero-order valence-electron chi connectivity index (χ0n) is 11.8. The molecule has 4 nitrogen and oxygen atoms in total. The monoisotopic (exact) mass is 285 g/mol. The molecule has 0 aliphatic rings. The average molecular weight is 286 g/mol. The standard InChI is InChI=1S/C14H20ClNO3/c1-5-16(6-2)9-12(17)10-7-11(15)14(19-4)8-13(10)18-3/h7-8H,5-6,9H2,1-4H3. The number of benzene rings is 1. The van der Waals surface area contributed by atoms with Gasteiger partial charge in [0, 0.05) is 6.07 Å². The van der Waals surface area contributed by atoms with Crippen molar-refractivity contribution < 1.29 is 14.3 Å². The molecule has 0 atom stereocenters. The van der Waals surface area contributed by atoms with E-state index in [0.717, 1.165) is 13.1 Å². The van der Waals surface area contributed by atoms with Crippen LogP contribution in [0.4, 0.5) is 0 Å². The van der Waals surface area contributed by atoms with Crippen molar-refractivity contribution in [1.82, 2.24) is 4.90 Å². The van der Waals surface area contributed by atoms with Gasteiger partial charge in [0.05, 0.1) is 31.4 Å². The third kappa shape index (κ3) is 3.85. The molecule has 0 saturated heterocycles. The Kier molecular flexibility index (Phi) is 6.12. The van der Waals surface area contributed by atoms with Crippen molar-refractivity contribution in [2.75, 3.05) is 33.9 Å². The van der Waals surface area contributed by atoms with Crippen molar-refractivity contribution in [2.24, 2.45) is 0 Å². The Labute approximate surface area is 119 Å². The predicted octanol–water partition coefficient (Wildman–Crippen LogP) is 2.88. The molecule has 19 heavy (non-hydrogen) atoms. The number of ketones is 1. The van der Waals surface area contributed by atoms with Gasteiger partial charge in [-0.05, 0) is 19.2 Å². The third-order valence-corrected chi connectivity index (χ3v) is 3.33. The van der Waals surface area contributed by atoms with Crippen molar-refractivity contribution in [2.45, 2.75) is 13.8 Å². The number of carbonyl (C=O) groups is 1. The van der Waals surface area contributed by atoms with E-state index in [4.69, 9.17) is 21.1 Å². The van der Waals surface area contributed by atoms with Gasteiger partial charge in [-0.1, -0.05) is 25.4 Å². The van der Waals surface area contributed by atoms with E-state index in [1.165, 1.54) is 14.2 Å². The Balaban J connectivity index is 3.05. The van der Waals surface area contributed by atoms with E-state index in [9.17, 15) is 4.79 Å². The number of rotatable bonds is 7. The Morgan fingerprint density at radius 3 is 2.21 bits per heavy atom. The summed E-state index contributed by atoms with van der Waals surface area (Å²) in [4.78, 5) is 14.3. The van der Waals surface area contributed by atoms with Gasteiger partial charge in [-0.15, -0.1) is 0 Å². The van der Waals surface area contributed by atoms with Crippen molar-refractivity contribution >= 4 is 17.4 Å². The van der Waals surface area contributed by atoms with Gasteiger partial charge in [0.2, 0.25) is 0 Å². The van der Waals surface area contributed by atoms with Gasteiger partial charge in [-0.2, -0.15) is 0 Å². The summed E-state index contributed by atoms with van der Waals surface area (Å²) in [5.41, 5.74) is 0.486. The smallest absolute Gasteiger partial charge is 0.180 e. The molecule has 106 valence electrons. The maximum Gasteiger partial charge on any atom is 0.180 e. The van der Waals surface area contributed by atoms with Crippen molar-refractivity contribution in [3.8, 4) is 11.5 Å². The summed E-state index contributed by atoms with van der Waals surface area (Å²) in [5.74, 6) is 0.974. The molecule has 0 N–H and O–H groups in total. The summed E-state index contributed by atoms with van der Waals surface area (Å²) >= 11 is 6.06. The molecule has 0 heterocycles. The Morgan fingerprint density at radius 1 is 1.16 bits per heavy atom. The highest BCUT2D eigenvalue weighted by atomic mass is 35.5. The SMILES string of the molecule is CCN(CC)CC(=O)c1cc(Cl)c(OC)cc1OC. The fourth-order valence-electron chi connectivity index (χ4n) is 1.81. The van der Waals surface area contributed by atoms with Crippen molar-refractivity contribution in [3.63, 3.8) is 0 Å². The number of methoxy groups -OCH3 is 2. The van der Waals surface area contributed by atoms with E-state index in [0.29, 0.717) is 28.6 Å².